The predicted molar refractivity (Wildman–Crippen MR) is 157 cm³/mol. The van der Waals surface area contributed by atoms with Gasteiger partial charge in [0.05, 0.1) is 28.8 Å². The summed E-state index contributed by atoms with van der Waals surface area (Å²) in [5.74, 6) is -0.342. The average molecular weight is 537 g/mol. The lowest BCUT2D eigenvalue weighted by atomic mass is 10.1. The third-order valence-electron chi connectivity index (χ3n) is 7.54. The highest BCUT2D eigenvalue weighted by Gasteiger charge is 2.27. The van der Waals surface area contributed by atoms with Crippen LogP contribution < -0.4 is 20.7 Å². The molecule has 2 aromatic heterocycles. The van der Waals surface area contributed by atoms with E-state index in [1.165, 1.54) is 0 Å². The van der Waals surface area contributed by atoms with E-state index in [9.17, 15) is 14.7 Å². The Morgan fingerprint density at radius 1 is 1.15 bits per heavy atom. The van der Waals surface area contributed by atoms with E-state index in [-0.39, 0.29) is 23.2 Å². The van der Waals surface area contributed by atoms with Crippen LogP contribution in [0.25, 0.3) is 5.65 Å². The molecule has 0 aliphatic carbocycles. The van der Waals surface area contributed by atoms with Gasteiger partial charge in [0.15, 0.2) is 0 Å². The molecule has 0 spiro atoms. The molecule has 0 bridgehead atoms. The van der Waals surface area contributed by atoms with Crippen molar-refractivity contribution >= 4 is 28.8 Å². The van der Waals surface area contributed by atoms with Crippen LogP contribution in [0.4, 0.5) is 17.2 Å². The highest BCUT2D eigenvalue weighted by molar-refractivity contribution is 5.94. The monoisotopic (exact) mass is 536 g/mol. The maximum atomic E-state index is 13.6. The van der Waals surface area contributed by atoms with Crippen molar-refractivity contribution in [3.63, 3.8) is 0 Å². The van der Waals surface area contributed by atoms with Gasteiger partial charge in [-0.15, -0.1) is 0 Å². The number of anilines is 3. The molecule has 3 heterocycles. The largest absolute Gasteiger partial charge is 0.478 e. The zero-order valence-corrected chi connectivity index (χ0v) is 23.0. The molecule has 1 aliphatic rings. The lowest BCUT2D eigenvalue weighted by Crippen LogP contribution is -2.53. The van der Waals surface area contributed by atoms with Gasteiger partial charge in [0.1, 0.15) is 11.5 Å². The third-order valence-corrected chi connectivity index (χ3v) is 7.54. The minimum absolute atomic E-state index is 0.120. The Morgan fingerprint density at radius 3 is 2.55 bits per heavy atom. The van der Waals surface area contributed by atoms with Crippen LogP contribution in [0.2, 0.25) is 0 Å². The fourth-order valence-electron chi connectivity index (χ4n) is 5.48. The van der Waals surface area contributed by atoms with Crippen molar-refractivity contribution < 1.29 is 9.90 Å². The number of fused-ring (bicyclic) bond motifs is 1. The summed E-state index contributed by atoms with van der Waals surface area (Å²) in [6.07, 6.45) is 1.80. The number of nitrogens with one attached hydrogen (secondary N) is 1. The Morgan fingerprint density at radius 2 is 1.88 bits per heavy atom. The summed E-state index contributed by atoms with van der Waals surface area (Å²) in [6, 6.07) is 18.4. The molecule has 1 aliphatic heterocycles. The van der Waals surface area contributed by atoms with Crippen LogP contribution in [0.3, 0.4) is 0 Å². The molecular weight excluding hydrogens is 504 g/mol. The van der Waals surface area contributed by atoms with E-state index in [4.69, 9.17) is 10.2 Å². The minimum atomic E-state index is -1.01. The van der Waals surface area contributed by atoms with E-state index in [1.54, 1.807) is 34.9 Å². The Balaban J connectivity index is 1.49. The molecule has 4 aromatic rings. The first kappa shape index (κ1) is 26.8. The number of hydrogen-bond donors (Lipinski definition) is 2. The smallest absolute Gasteiger partial charge is 0.337 e. The van der Waals surface area contributed by atoms with Crippen molar-refractivity contribution in [2.75, 3.05) is 34.8 Å². The zero-order valence-electron chi connectivity index (χ0n) is 23.0. The molecule has 9 heteroatoms. The number of nitrogens with zero attached hydrogens (tertiary/aromatic N) is 5. The van der Waals surface area contributed by atoms with Crippen LogP contribution >= 0.6 is 0 Å². The second-order valence-corrected chi connectivity index (χ2v) is 10.4. The van der Waals surface area contributed by atoms with E-state index >= 15 is 0 Å². The normalized spacial score (nSPS) is 16.0. The minimum Gasteiger partial charge on any atom is -0.478 e. The van der Waals surface area contributed by atoms with Crippen LogP contribution in [-0.4, -0.2) is 46.1 Å². The van der Waals surface area contributed by atoms with Crippen LogP contribution in [0.1, 0.15) is 52.5 Å². The summed E-state index contributed by atoms with van der Waals surface area (Å²) in [7, 11) is 0. The zero-order chi connectivity index (χ0) is 28.6. The van der Waals surface area contributed by atoms with Gasteiger partial charge in [-0.25, -0.2) is 9.78 Å². The van der Waals surface area contributed by atoms with Gasteiger partial charge in [-0.3, -0.25) is 9.20 Å². The molecule has 9 nitrogen and oxygen atoms in total. The molecule has 2 atom stereocenters. The summed E-state index contributed by atoms with van der Waals surface area (Å²) in [5, 5.41) is 22.1. The number of piperazine rings is 1. The Hall–Kier alpha value is -4.84. The lowest BCUT2D eigenvalue weighted by Gasteiger charge is -2.42. The summed E-state index contributed by atoms with van der Waals surface area (Å²) >= 11 is 0. The number of nitriles is 1. The van der Waals surface area contributed by atoms with Gasteiger partial charge in [-0.2, -0.15) is 5.26 Å². The maximum Gasteiger partial charge on any atom is 0.337 e. The van der Waals surface area contributed by atoms with Crippen molar-refractivity contribution in [2.24, 2.45) is 0 Å². The Labute approximate surface area is 232 Å². The van der Waals surface area contributed by atoms with Crippen LogP contribution in [-0.2, 0) is 0 Å². The molecule has 204 valence electrons. The van der Waals surface area contributed by atoms with Crippen molar-refractivity contribution in [3.8, 4) is 6.07 Å². The van der Waals surface area contributed by atoms with Crippen LogP contribution in [0.5, 0.6) is 0 Å². The first-order valence-electron chi connectivity index (χ1n) is 13.3. The highest BCUT2D eigenvalue weighted by Crippen LogP contribution is 2.29. The topological polar surface area (TPSA) is 114 Å². The number of para-hydroxylation sites is 1. The fraction of sp³-hybridized carbons (Fsp3) is 0.290. The van der Waals surface area contributed by atoms with Gasteiger partial charge in [-0.1, -0.05) is 12.1 Å². The molecule has 0 radical (unpaired) electrons. The number of aromatic carboxylic acids is 1. The first-order valence-corrected chi connectivity index (χ1v) is 13.3. The second-order valence-electron chi connectivity index (χ2n) is 10.4. The number of hydrogen-bond acceptors (Lipinski definition) is 7. The van der Waals surface area contributed by atoms with E-state index in [1.807, 2.05) is 51.1 Å². The van der Waals surface area contributed by atoms with Gasteiger partial charge in [0, 0.05) is 48.8 Å². The maximum absolute atomic E-state index is 13.6. The number of aromatic nitrogens is 2. The molecular formula is C31H32N6O3. The molecule has 0 amide bonds. The second kappa shape index (κ2) is 10.7. The lowest BCUT2D eigenvalue weighted by molar-refractivity contribution is 0.0698. The van der Waals surface area contributed by atoms with E-state index in [2.05, 4.69) is 28.1 Å². The molecule has 40 heavy (non-hydrogen) atoms. The summed E-state index contributed by atoms with van der Waals surface area (Å²) in [4.78, 5) is 34.9. The van der Waals surface area contributed by atoms with Crippen molar-refractivity contribution in [1.29, 1.82) is 5.26 Å². The molecule has 5 rings (SSSR count). The average Bonchev–Trinajstić information content (AvgIpc) is 2.95. The summed E-state index contributed by atoms with van der Waals surface area (Å²) in [5.41, 5.74) is 5.11. The van der Waals surface area contributed by atoms with Gasteiger partial charge >= 0.3 is 5.97 Å². The number of carbonyl (C=O) groups is 1. The van der Waals surface area contributed by atoms with E-state index in [0.29, 0.717) is 41.4 Å². The third kappa shape index (κ3) is 4.96. The SMILES string of the molecule is Cc1cc([C@@H](C)Nc2ccccc2C(=O)O)c2nc(N3CCN(c4ccc(C#N)cc4)[C@H](C)C3)c(C)c(=O)n2c1. The summed E-state index contributed by atoms with van der Waals surface area (Å²) in [6.45, 7) is 9.96. The number of pyridine rings is 1. The Bertz CT molecular complexity index is 1690. The molecule has 1 fully saturated rings. The number of aryl methyl sites for hydroxylation is 1. The summed E-state index contributed by atoms with van der Waals surface area (Å²) < 4.78 is 1.60. The highest BCUT2D eigenvalue weighted by atomic mass is 16.4. The standard InChI is InChI=1S/C31H32N6O3/c1-19-15-26(22(4)33-27-8-6-5-7-25(27)31(39)40)29-34-28(21(3)30(38)37(29)17-19)35-13-14-36(20(2)18-35)24-11-9-23(16-32)10-12-24/h5-12,15,17,20,22,33H,13-14,18H2,1-4H3,(H,39,40)/t20-,22-/m1/s1. The van der Waals surface area contributed by atoms with Crippen molar-refractivity contribution in [1.82, 2.24) is 9.38 Å². The molecule has 1 saturated heterocycles. The van der Waals surface area contributed by atoms with Gasteiger partial charge in [-0.05, 0) is 75.7 Å². The van der Waals surface area contributed by atoms with Crippen LogP contribution in [0, 0.1) is 25.2 Å². The predicted octanol–water partition coefficient (Wildman–Crippen LogP) is 4.77. The number of benzene rings is 2. The molecule has 0 saturated carbocycles. The quantitative estimate of drug-likeness (QED) is 0.362. The number of carboxylic acid groups (broad SMARTS) is 1. The van der Waals surface area contributed by atoms with Gasteiger partial charge in [0.25, 0.3) is 5.56 Å². The number of carboxylic acids is 1. The number of rotatable bonds is 6. The van der Waals surface area contributed by atoms with Crippen molar-refractivity contribution in [2.45, 2.75) is 39.8 Å². The van der Waals surface area contributed by atoms with E-state index in [0.717, 1.165) is 23.4 Å². The van der Waals surface area contributed by atoms with Gasteiger partial charge in [0.2, 0.25) is 0 Å². The van der Waals surface area contributed by atoms with Gasteiger partial charge < -0.3 is 20.2 Å². The fourth-order valence-corrected chi connectivity index (χ4v) is 5.48. The van der Waals surface area contributed by atoms with E-state index < -0.39 is 5.97 Å². The van der Waals surface area contributed by atoms with Crippen LogP contribution in [0.15, 0.2) is 65.6 Å². The molecule has 0 unspecified atom stereocenters. The Kier molecular flexibility index (Phi) is 7.18. The van der Waals surface area contributed by atoms with Crippen molar-refractivity contribution in [3.05, 3.63) is 99.0 Å². The first-order chi connectivity index (χ1) is 19.2. The molecule has 2 aromatic carbocycles. The molecule has 2 N–H and O–H groups in total.